The molecule has 2 N–H and O–H groups in total. The first-order valence-corrected chi connectivity index (χ1v) is 6.56. The zero-order valence-electron chi connectivity index (χ0n) is 11.0. The molecule has 0 aliphatic carbocycles. The smallest absolute Gasteiger partial charge is 0.0891 e. The maximum absolute atomic E-state index is 9.26. The standard InChI is InChI=1S/C15H20N2O/c1-3-4-5-10-14(17-18)15-11(2)16-13-9-7-6-8-12(13)15/h6-9,16,18H,3-5,10H2,1-2H3. The fourth-order valence-electron chi connectivity index (χ4n) is 2.42. The first-order valence-electron chi connectivity index (χ1n) is 6.56. The van der Waals surface area contributed by atoms with Gasteiger partial charge in [0.25, 0.3) is 0 Å². The van der Waals surface area contributed by atoms with Crippen LogP contribution in [0.25, 0.3) is 10.9 Å². The summed E-state index contributed by atoms with van der Waals surface area (Å²) in [6.45, 7) is 4.20. The second-order valence-electron chi connectivity index (χ2n) is 4.67. The summed E-state index contributed by atoms with van der Waals surface area (Å²) in [5.74, 6) is 0. The van der Waals surface area contributed by atoms with Crippen molar-refractivity contribution in [2.45, 2.75) is 39.5 Å². The van der Waals surface area contributed by atoms with E-state index in [1.807, 2.05) is 25.1 Å². The normalized spacial score (nSPS) is 12.2. The molecule has 0 spiro atoms. The van der Waals surface area contributed by atoms with Crippen LogP contribution in [0.5, 0.6) is 0 Å². The van der Waals surface area contributed by atoms with Crippen LogP contribution in [0, 0.1) is 6.92 Å². The molecule has 0 fully saturated rings. The Kier molecular flexibility index (Phi) is 4.03. The molecule has 2 rings (SSSR count). The van der Waals surface area contributed by atoms with E-state index in [0.29, 0.717) is 0 Å². The van der Waals surface area contributed by atoms with E-state index in [1.165, 1.54) is 12.8 Å². The quantitative estimate of drug-likeness (QED) is 0.351. The van der Waals surface area contributed by atoms with Crippen LogP contribution in [-0.4, -0.2) is 15.9 Å². The number of fused-ring (bicyclic) bond motifs is 1. The molecule has 0 bridgehead atoms. The third-order valence-electron chi connectivity index (χ3n) is 3.32. The van der Waals surface area contributed by atoms with E-state index in [9.17, 15) is 5.21 Å². The van der Waals surface area contributed by atoms with Gasteiger partial charge in [-0.25, -0.2) is 0 Å². The zero-order valence-corrected chi connectivity index (χ0v) is 11.0. The van der Waals surface area contributed by atoms with E-state index in [4.69, 9.17) is 0 Å². The highest BCUT2D eigenvalue weighted by Crippen LogP contribution is 2.24. The summed E-state index contributed by atoms with van der Waals surface area (Å²) in [4.78, 5) is 3.34. The van der Waals surface area contributed by atoms with Gasteiger partial charge < -0.3 is 10.2 Å². The van der Waals surface area contributed by atoms with Gasteiger partial charge in [-0.3, -0.25) is 0 Å². The largest absolute Gasteiger partial charge is 0.411 e. The van der Waals surface area contributed by atoms with Gasteiger partial charge in [-0.1, -0.05) is 43.1 Å². The second-order valence-corrected chi connectivity index (χ2v) is 4.67. The van der Waals surface area contributed by atoms with Crippen molar-refractivity contribution in [1.82, 2.24) is 4.98 Å². The van der Waals surface area contributed by atoms with Gasteiger partial charge in [-0.15, -0.1) is 0 Å². The number of rotatable bonds is 5. The lowest BCUT2D eigenvalue weighted by Gasteiger charge is -2.04. The number of hydrogen-bond acceptors (Lipinski definition) is 2. The minimum absolute atomic E-state index is 0.790. The van der Waals surface area contributed by atoms with Gasteiger partial charge in [0.15, 0.2) is 0 Å². The van der Waals surface area contributed by atoms with Crippen LogP contribution in [0.1, 0.15) is 43.9 Å². The second kappa shape index (κ2) is 5.71. The Morgan fingerprint density at radius 3 is 2.78 bits per heavy atom. The minimum Gasteiger partial charge on any atom is -0.411 e. The zero-order chi connectivity index (χ0) is 13.0. The summed E-state index contributed by atoms with van der Waals surface area (Å²) in [7, 11) is 0. The van der Waals surface area contributed by atoms with Crippen molar-refractivity contribution in [2.24, 2.45) is 5.16 Å². The molecule has 18 heavy (non-hydrogen) atoms. The minimum atomic E-state index is 0.790. The average Bonchev–Trinajstić information content (AvgIpc) is 2.71. The fraction of sp³-hybridized carbons (Fsp3) is 0.400. The lowest BCUT2D eigenvalue weighted by molar-refractivity contribution is 0.317. The number of nitrogens with one attached hydrogen (secondary N) is 1. The van der Waals surface area contributed by atoms with Crippen molar-refractivity contribution in [3.8, 4) is 0 Å². The van der Waals surface area contributed by atoms with Gasteiger partial charge in [-0.2, -0.15) is 0 Å². The summed E-state index contributed by atoms with van der Waals surface area (Å²) in [5.41, 5.74) is 4.02. The monoisotopic (exact) mass is 244 g/mol. The van der Waals surface area contributed by atoms with Gasteiger partial charge >= 0.3 is 0 Å². The number of benzene rings is 1. The van der Waals surface area contributed by atoms with Crippen molar-refractivity contribution in [3.05, 3.63) is 35.5 Å². The Morgan fingerprint density at radius 2 is 2.06 bits per heavy atom. The lowest BCUT2D eigenvalue weighted by Crippen LogP contribution is -2.02. The molecular formula is C15H20N2O. The van der Waals surface area contributed by atoms with Crippen LogP contribution in [0.3, 0.4) is 0 Å². The van der Waals surface area contributed by atoms with Gasteiger partial charge in [0.1, 0.15) is 0 Å². The predicted octanol–water partition coefficient (Wildman–Crippen LogP) is 4.23. The summed E-state index contributed by atoms with van der Waals surface area (Å²) >= 11 is 0. The highest BCUT2D eigenvalue weighted by molar-refractivity contribution is 6.11. The van der Waals surface area contributed by atoms with Gasteiger partial charge in [0.05, 0.1) is 5.71 Å². The third-order valence-corrected chi connectivity index (χ3v) is 3.32. The molecule has 0 saturated carbocycles. The topological polar surface area (TPSA) is 48.4 Å². The molecule has 0 aliphatic rings. The Labute approximate surface area is 108 Å². The molecule has 3 nitrogen and oxygen atoms in total. The van der Waals surface area contributed by atoms with Gasteiger partial charge in [0, 0.05) is 22.2 Å². The van der Waals surface area contributed by atoms with E-state index in [2.05, 4.69) is 23.1 Å². The summed E-state index contributed by atoms with van der Waals surface area (Å²) in [5, 5.41) is 13.9. The van der Waals surface area contributed by atoms with E-state index < -0.39 is 0 Å². The Morgan fingerprint density at radius 1 is 1.28 bits per heavy atom. The number of hydrogen-bond donors (Lipinski definition) is 2. The summed E-state index contributed by atoms with van der Waals surface area (Å²) in [6.07, 6.45) is 4.23. The Bertz CT molecular complexity index is 555. The van der Waals surface area contributed by atoms with Crippen molar-refractivity contribution in [1.29, 1.82) is 0 Å². The molecule has 2 aromatic rings. The molecule has 1 aromatic heterocycles. The van der Waals surface area contributed by atoms with Crippen molar-refractivity contribution in [2.75, 3.05) is 0 Å². The number of oxime groups is 1. The molecule has 0 saturated heterocycles. The average molecular weight is 244 g/mol. The van der Waals surface area contributed by atoms with Crippen LogP contribution in [0.2, 0.25) is 0 Å². The van der Waals surface area contributed by atoms with E-state index in [0.717, 1.165) is 40.7 Å². The molecule has 0 amide bonds. The molecule has 0 unspecified atom stereocenters. The fourth-order valence-corrected chi connectivity index (χ4v) is 2.42. The SMILES string of the molecule is CCCCCC(=NO)c1c(C)[nH]c2ccccc12. The maximum Gasteiger partial charge on any atom is 0.0891 e. The molecular weight excluding hydrogens is 224 g/mol. The molecule has 0 radical (unpaired) electrons. The molecule has 3 heteroatoms. The molecule has 96 valence electrons. The van der Waals surface area contributed by atoms with Crippen molar-refractivity contribution in [3.63, 3.8) is 0 Å². The van der Waals surface area contributed by atoms with Crippen LogP contribution < -0.4 is 0 Å². The van der Waals surface area contributed by atoms with E-state index in [-0.39, 0.29) is 0 Å². The Balaban J connectivity index is 2.36. The van der Waals surface area contributed by atoms with E-state index >= 15 is 0 Å². The van der Waals surface area contributed by atoms with Crippen LogP contribution in [0.15, 0.2) is 29.4 Å². The number of nitrogens with zero attached hydrogens (tertiary/aromatic N) is 1. The lowest BCUT2D eigenvalue weighted by atomic mass is 10.0. The molecule has 1 aromatic carbocycles. The number of para-hydroxylation sites is 1. The number of aromatic nitrogens is 1. The van der Waals surface area contributed by atoms with E-state index in [1.54, 1.807) is 0 Å². The highest BCUT2D eigenvalue weighted by Gasteiger charge is 2.14. The molecule has 1 heterocycles. The third kappa shape index (κ3) is 2.40. The first-order chi connectivity index (χ1) is 8.77. The number of unbranched alkanes of at least 4 members (excludes halogenated alkanes) is 2. The van der Waals surface area contributed by atoms with Crippen LogP contribution in [0.4, 0.5) is 0 Å². The number of aryl methyl sites for hydroxylation is 1. The van der Waals surface area contributed by atoms with Crippen LogP contribution in [-0.2, 0) is 0 Å². The predicted molar refractivity (Wildman–Crippen MR) is 75.5 cm³/mol. The highest BCUT2D eigenvalue weighted by atomic mass is 16.4. The van der Waals surface area contributed by atoms with Gasteiger partial charge in [0.2, 0.25) is 0 Å². The first kappa shape index (κ1) is 12.7. The summed E-state index contributed by atoms with van der Waals surface area (Å²) in [6, 6.07) is 8.14. The number of aromatic amines is 1. The molecule has 0 aliphatic heterocycles. The summed E-state index contributed by atoms with van der Waals surface area (Å²) < 4.78 is 0. The van der Waals surface area contributed by atoms with Crippen LogP contribution >= 0.6 is 0 Å². The van der Waals surface area contributed by atoms with Gasteiger partial charge in [-0.05, 0) is 25.8 Å². The maximum atomic E-state index is 9.26. The van der Waals surface area contributed by atoms with Crippen molar-refractivity contribution < 1.29 is 5.21 Å². The Hall–Kier alpha value is -1.77. The number of H-pyrrole nitrogens is 1. The molecule has 0 atom stereocenters. The van der Waals surface area contributed by atoms with Crippen molar-refractivity contribution >= 4 is 16.6 Å².